The van der Waals surface area contributed by atoms with Gasteiger partial charge in [-0.05, 0) is 42.8 Å². The van der Waals surface area contributed by atoms with Gasteiger partial charge < -0.3 is 5.11 Å². The Morgan fingerprint density at radius 3 is 2.69 bits per heavy atom. The Balaban J connectivity index is 2.57. The number of hydrogen-bond acceptors (Lipinski definition) is 2. The average Bonchev–Trinajstić information content (AvgIpc) is 2.30. The highest BCUT2D eigenvalue weighted by Gasteiger charge is 2.11. The van der Waals surface area contributed by atoms with Crippen molar-refractivity contribution in [3.05, 3.63) is 54.0 Å². The van der Waals surface area contributed by atoms with Crippen LogP contribution in [0.1, 0.15) is 18.6 Å². The van der Waals surface area contributed by atoms with E-state index in [4.69, 9.17) is 0 Å². The number of nitrogens with zero attached hydrogens (tertiary/aromatic N) is 1. The van der Waals surface area contributed by atoms with Gasteiger partial charge in [-0.25, -0.2) is 4.39 Å². The fraction of sp³-hybridized carbons (Fsp3) is 0.154. The smallest absolute Gasteiger partial charge is 0.123 e. The quantitative estimate of drug-likeness (QED) is 0.838. The Morgan fingerprint density at radius 1 is 1.25 bits per heavy atom. The summed E-state index contributed by atoms with van der Waals surface area (Å²) in [5, 5.41) is 9.60. The summed E-state index contributed by atoms with van der Waals surface area (Å²) >= 11 is 0. The molecule has 2 aromatic rings. The topological polar surface area (TPSA) is 33.1 Å². The molecule has 0 aliphatic carbocycles. The van der Waals surface area contributed by atoms with E-state index in [9.17, 15) is 9.50 Å². The molecule has 0 radical (unpaired) electrons. The lowest BCUT2D eigenvalue weighted by Gasteiger charge is -2.11. The molecular formula is C13H12FNO. The fourth-order valence-corrected chi connectivity index (χ4v) is 1.63. The zero-order chi connectivity index (χ0) is 11.5. The van der Waals surface area contributed by atoms with Gasteiger partial charge in [0.2, 0.25) is 0 Å². The van der Waals surface area contributed by atoms with Gasteiger partial charge in [-0.3, -0.25) is 4.98 Å². The predicted octanol–water partition coefficient (Wildman–Crippen LogP) is 2.94. The summed E-state index contributed by atoms with van der Waals surface area (Å²) in [6.45, 7) is 1.61. The summed E-state index contributed by atoms with van der Waals surface area (Å²) in [6, 6.07) is 9.86. The van der Waals surface area contributed by atoms with Crippen LogP contribution in [0.4, 0.5) is 4.39 Å². The Labute approximate surface area is 93.4 Å². The van der Waals surface area contributed by atoms with Crippen molar-refractivity contribution >= 4 is 0 Å². The lowest BCUT2D eigenvalue weighted by molar-refractivity contribution is 0.199. The number of benzene rings is 1. The molecule has 0 spiro atoms. The van der Waals surface area contributed by atoms with Gasteiger partial charge in [0, 0.05) is 11.8 Å². The van der Waals surface area contributed by atoms with E-state index in [1.165, 1.54) is 12.1 Å². The Morgan fingerprint density at radius 2 is 2.06 bits per heavy atom. The molecule has 1 aromatic heterocycles. The first kappa shape index (κ1) is 10.8. The summed E-state index contributed by atoms with van der Waals surface area (Å²) in [5.41, 5.74) is 2.05. The highest BCUT2D eigenvalue weighted by Crippen LogP contribution is 2.27. The van der Waals surface area contributed by atoms with Crippen molar-refractivity contribution < 1.29 is 9.50 Å². The summed E-state index contributed by atoms with van der Waals surface area (Å²) in [7, 11) is 0. The summed E-state index contributed by atoms with van der Waals surface area (Å²) in [5.74, 6) is -0.351. The first-order valence-corrected chi connectivity index (χ1v) is 5.07. The molecule has 16 heavy (non-hydrogen) atoms. The molecule has 0 aliphatic rings. The minimum absolute atomic E-state index is 0.351. The van der Waals surface area contributed by atoms with Crippen LogP contribution >= 0.6 is 0 Å². The summed E-state index contributed by atoms with van der Waals surface area (Å²) in [6.07, 6.45) is 0.956. The normalized spacial score (nSPS) is 12.4. The zero-order valence-electron chi connectivity index (χ0n) is 8.89. The Bertz CT molecular complexity index is 483. The van der Waals surface area contributed by atoms with Gasteiger partial charge >= 0.3 is 0 Å². The first-order valence-electron chi connectivity index (χ1n) is 5.07. The van der Waals surface area contributed by atoms with Gasteiger partial charge in [-0.1, -0.05) is 6.07 Å². The third kappa shape index (κ3) is 2.09. The molecule has 1 N–H and O–H groups in total. The predicted molar refractivity (Wildman–Crippen MR) is 60.3 cm³/mol. The van der Waals surface area contributed by atoms with Crippen LogP contribution in [-0.2, 0) is 0 Å². The minimum Gasteiger partial charge on any atom is -0.389 e. The van der Waals surface area contributed by atoms with Crippen molar-refractivity contribution in [3.63, 3.8) is 0 Å². The Kier molecular flexibility index (Phi) is 2.97. The first-order chi connectivity index (χ1) is 7.68. The van der Waals surface area contributed by atoms with E-state index in [1.807, 2.05) is 18.2 Å². The number of hydrogen-bond donors (Lipinski definition) is 1. The lowest BCUT2D eigenvalue weighted by atomic mass is 10.00. The molecule has 0 saturated carbocycles. The van der Waals surface area contributed by atoms with Crippen LogP contribution in [0.15, 0.2) is 42.6 Å². The molecule has 0 bridgehead atoms. The number of aliphatic hydroxyl groups excluding tert-OH is 1. The van der Waals surface area contributed by atoms with Gasteiger partial charge in [-0.15, -0.1) is 0 Å². The van der Waals surface area contributed by atoms with Crippen molar-refractivity contribution in [2.24, 2.45) is 0 Å². The second kappa shape index (κ2) is 4.41. The van der Waals surface area contributed by atoms with Crippen LogP contribution in [0.3, 0.4) is 0 Å². The Hall–Kier alpha value is -1.74. The van der Waals surface area contributed by atoms with E-state index in [1.54, 1.807) is 19.2 Å². The molecule has 0 aliphatic heterocycles. The van der Waals surface area contributed by atoms with E-state index in [0.29, 0.717) is 5.56 Å². The number of pyridine rings is 1. The molecule has 82 valence electrons. The monoisotopic (exact) mass is 217 g/mol. The molecule has 3 heteroatoms. The SMILES string of the molecule is CC(O)c1cc(F)ccc1-c1ccccn1. The molecule has 1 aromatic carbocycles. The van der Waals surface area contributed by atoms with Crippen LogP contribution < -0.4 is 0 Å². The van der Waals surface area contributed by atoms with Crippen LogP contribution in [0.5, 0.6) is 0 Å². The number of aromatic nitrogens is 1. The van der Waals surface area contributed by atoms with Gasteiger partial charge in [0.05, 0.1) is 11.8 Å². The van der Waals surface area contributed by atoms with Crippen LogP contribution in [0.25, 0.3) is 11.3 Å². The van der Waals surface area contributed by atoms with Crippen LogP contribution in [0.2, 0.25) is 0 Å². The second-order valence-electron chi connectivity index (χ2n) is 3.62. The standard InChI is InChI=1S/C13H12FNO/c1-9(16)12-8-10(14)5-6-11(12)13-4-2-3-7-15-13/h2-9,16H,1H3. The molecule has 0 amide bonds. The van der Waals surface area contributed by atoms with E-state index in [0.717, 1.165) is 11.3 Å². The molecule has 0 saturated heterocycles. The maximum Gasteiger partial charge on any atom is 0.123 e. The minimum atomic E-state index is -0.715. The van der Waals surface area contributed by atoms with Gasteiger partial charge in [-0.2, -0.15) is 0 Å². The molecular weight excluding hydrogens is 205 g/mol. The van der Waals surface area contributed by atoms with Crippen molar-refractivity contribution in [1.82, 2.24) is 4.98 Å². The summed E-state index contributed by atoms with van der Waals surface area (Å²) < 4.78 is 13.1. The maximum atomic E-state index is 13.1. The number of halogens is 1. The highest BCUT2D eigenvalue weighted by molar-refractivity contribution is 5.64. The fourth-order valence-electron chi connectivity index (χ4n) is 1.63. The van der Waals surface area contributed by atoms with Crippen molar-refractivity contribution in [2.45, 2.75) is 13.0 Å². The highest BCUT2D eigenvalue weighted by atomic mass is 19.1. The third-order valence-electron chi connectivity index (χ3n) is 2.40. The van der Waals surface area contributed by atoms with Gasteiger partial charge in [0.25, 0.3) is 0 Å². The van der Waals surface area contributed by atoms with Crippen molar-refractivity contribution in [3.8, 4) is 11.3 Å². The molecule has 2 nitrogen and oxygen atoms in total. The molecule has 2 rings (SSSR count). The largest absolute Gasteiger partial charge is 0.389 e. The van der Waals surface area contributed by atoms with E-state index in [2.05, 4.69) is 4.98 Å². The molecule has 1 unspecified atom stereocenters. The molecule has 1 atom stereocenters. The number of aliphatic hydroxyl groups is 1. The van der Waals surface area contributed by atoms with Crippen LogP contribution in [-0.4, -0.2) is 10.1 Å². The summed E-state index contributed by atoms with van der Waals surface area (Å²) in [4.78, 5) is 4.19. The van der Waals surface area contributed by atoms with Crippen molar-refractivity contribution in [2.75, 3.05) is 0 Å². The van der Waals surface area contributed by atoms with Gasteiger partial charge in [0.1, 0.15) is 5.82 Å². The average molecular weight is 217 g/mol. The van der Waals surface area contributed by atoms with E-state index >= 15 is 0 Å². The van der Waals surface area contributed by atoms with Gasteiger partial charge in [0.15, 0.2) is 0 Å². The zero-order valence-corrected chi connectivity index (χ0v) is 8.89. The second-order valence-corrected chi connectivity index (χ2v) is 3.62. The maximum absolute atomic E-state index is 13.1. The third-order valence-corrected chi connectivity index (χ3v) is 2.40. The molecule has 1 heterocycles. The lowest BCUT2D eigenvalue weighted by Crippen LogP contribution is -1.97. The van der Waals surface area contributed by atoms with Crippen LogP contribution in [0, 0.1) is 5.82 Å². The van der Waals surface area contributed by atoms with E-state index < -0.39 is 6.10 Å². The molecule has 0 fully saturated rings. The number of rotatable bonds is 2. The van der Waals surface area contributed by atoms with E-state index in [-0.39, 0.29) is 5.82 Å². The van der Waals surface area contributed by atoms with Crippen molar-refractivity contribution in [1.29, 1.82) is 0 Å².